The fourth-order valence-corrected chi connectivity index (χ4v) is 2.46. The number of hydrogen-bond donors (Lipinski definition) is 0. The third-order valence-corrected chi connectivity index (χ3v) is 4.10. The van der Waals surface area contributed by atoms with Gasteiger partial charge in [0.15, 0.2) is 0 Å². The lowest BCUT2D eigenvalue weighted by Gasteiger charge is -2.01. The van der Waals surface area contributed by atoms with Crippen molar-refractivity contribution in [1.29, 1.82) is 0 Å². The average Bonchev–Trinajstić information content (AvgIpc) is 2.63. The van der Waals surface area contributed by atoms with E-state index in [9.17, 15) is 4.39 Å². The molecule has 0 aliphatic heterocycles. The summed E-state index contributed by atoms with van der Waals surface area (Å²) in [4.78, 5) is 0. The van der Waals surface area contributed by atoms with Crippen molar-refractivity contribution in [3.8, 4) is 23.7 Å². The minimum atomic E-state index is -0.344. The Morgan fingerprint density at radius 2 is 1.04 bits per heavy atom. The smallest absolute Gasteiger partial charge is 0.140 e. The number of halogens is 1. The molecule has 0 nitrogen and oxygen atoms in total. The van der Waals surface area contributed by atoms with E-state index in [0.717, 1.165) is 16.7 Å². The van der Waals surface area contributed by atoms with Crippen molar-refractivity contribution in [3.63, 3.8) is 0 Å². The number of aryl methyl sites for hydroxylation is 3. The molecule has 0 fully saturated rings. The lowest BCUT2D eigenvalue weighted by Crippen LogP contribution is -1.91. The first-order valence-corrected chi connectivity index (χ1v) is 8.49. The van der Waals surface area contributed by atoms with Gasteiger partial charge in [0, 0.05) is 16.7 Å². The standard InChI is InChI=1S/C25H19F/c1-18-4-8-21(9-5-18)12-14-23-17-25(26)24(16-20(23)3)15-13-22-10-6-19(2)7-11-22/h4-11,16-17H,1-3H3. The van der Waals surface area contributed by atoms with E-state index in [1.54, 1.807) is 6.07 Å². The summed E-state index contributed by atoms with van der Waals surface area (Å²) in [5, 5.41) is 0. The van der Waals surface area contributed by atoms with Gasteiger partial charge < -0.3 is 0 Å². The summed E-state index contributed by atoms with van der Waals surface area (Å²) in [5.74, 6) is 11.7. The van der Waals surface area contributed by atoms with Crippen molar-refractivity contribution < 1.29 is 4.39 Å². The minimum absolute atomic E-state index is 0.344. The molecule has 126 valence electrons. The third kappa shape index (κ3) is 4.41. The van der Waals surface area contributed by atoms with Gasteiger partial charge in [-0.1, -0.05) is 59.1 Å². The number of rotatable bonds is 0. The van der Waals surface area contributed by atoms with Crippen LogP contribution in [0.2, 0.25) is 0 Å². The van der Waals surface area contributed by atoms with Crippen LogP contribution >= 0.6 is 0 Å². The van der Waals surface area contributed by atoms with Crippen molar-refractivity contribution in [2.45, 2.75) is 20.8 Å². The van der Waals surface area contributed by atoms with Gasteiger partial charge in [0.05, 0.1) is 5.56 Å². The van der Waals surface area contributed by atoms with Gasteiger partial charge in [-0.2, -0.15) is 0 Å². The molecule has 0 atom stereocenters. The van der Waals surface area contributed by atoms with Crippen molar-refractivity contribution in [2.24, 2.45) is 0 Å². The predicted molar refractivity (Wildman–Crippen MR) is 105 cm³/mol. The summed E-state index contributed by atoms with van der Waals surface area (Å²) in [7, 11) is 0. The zero-order chi connectivity index (χ0) is 18.5. The van der Waals surface area contributed by atoms with Crippen LogP contribution in [0.5, 0.6) is 0 Å². The number of benzene rings is 3. The maximum absolute atomic E-state index is 14.4. The summed E-state index contributed by atoms with van der Waals surface area (Å²) in [5.41, 5.74) is 6.14. The van der Waals surface area contributed by atoms with E-state index in [2.05, 4.69) is 23.7 Å². The van der Waals surface area contributed by atoms with Crippen molar-refractivity contribution in [1.82, 2.24) is 0 Å². The summed E-state index contributed by atoms with van der Waals surface area (Å²) in [6.45, 7) is 5.99. The second-order valence-corrected chi connectivity index (χ2v) is 6.38. The van der Waals surface area contributed by atoms with Crippen LogP contribution < -0.4 is 0 Å². The van der Waals surface area contributed by atoms with Gasteiger partial charge in [-0.25, -0.2) is 4.39 Å². The summed E-state index contributed by atoms with van der Waals surface area (Å²) < 4.78 is 14.4. The van der Waals surface area contributed by atoms with Gasteiger partial charge in [-0.3, -0.25) is 0 Å². The average molecular weight is 338 g/mol. The van der Waals surface area contributed by atoms with E-state index in [-0.39, 0.29) is 5.82 Å². The molecule has 0 amide bonds. The Kier molecular flexibility index (Phi) is 5.21. The molecular formula is C25H19F. The monoisotopic (exact) mass is 338 g/mol. The first-order valence-electron chi connectivity index (χ1n) is 8.49. The SMILES string of the molecule is Cc1ccc(C#Cc2cc(F)c(C#Cc3ccc(C)cc3)cc2C)cc1. The maximum atomic E-state index is 14.4. The topological polar surface area (TPSA) is 0 Å². The minimum Gasteiger partial charge on any atom is -0.206 e. The van der Waals surface area contributed by atoms with Gasteiger partial charge in [0.1, 0.15) is 5.82 Å². The van der Waals surface area contributed by atoms with E-state index in [1.165, 1.54) is 17.2 Å². The lowest BCUT2D eigenvalue weighted by atomic mass is 10.0. The molecule has 0 aliphatic carbocycles. The van der Waals surface area contributed by atoms with E-state index in [1.807, 2.05) is 69.3 Å². The third-order valence-electron chi connectivity index (χ3n) is 4.10. The van der Waals surface area contributed by atoms with Crippen LogP contribution in [0.15, 0.2) is 60.7 Å². The molecule has 3 aromatic rings. The highest BCUT2D eigenvalue weighted by atomic mass is 19.1. The molecule has 1 heteroatoms. The molecule has 26 heavy (non-hydrogen) atoms. The van der Waals surface area contributed by atoms with E-state index < -0.39 is 0 Å². The molecule has 0 N–H and O–H groups in total. The Morgan fingerprint density at radius 3 is 1.54 bits per heavy atom. The fourth-order valence-electron chi connectivity index (χ4n) is 2.46. The van der Waals surface area contributed by atoms with Gasteiger partial charge >= 0.3 is 0 Å². The normalized spacial score (nSPS) is 9.69. The molecule has 0 radical (unpaired) electrons. The van der Waals surface area contributed by atoms with E-state index >= 15 is 0 Å². The van der Waals surface area contributed by atoms with Crippen LogP contribution in [0, 0.1) is 50.3 Å². The zero-order valence-electron chi connectivity index (χ0n) is 15.2. The first-order chi connectivity index (χ1) is 12.5. The molecule has 0 spiro atoms. The van der Waals surface area contributed by atoms with Gasteiger partial charge in [0.2, 0.25) is 0 Å². The lowest BCUT2D eigenvalue weighted by molar-refractivity contribution is 0.623. The van der Waals surface area contributed by atoms with Crippen LogP contribution in [0.4, 0.5) is 4.39 Å². The van der Waals surface area contributed by atoms with Crippen molar-refractivity contribution >= 4 is 0 Å². The summed E-state index contributed by atoms with van der Waals surface area (Å²) in [6, 6.07) is 19.1. The Hall–Kier alpha value is -3.29. The van der Waals surface area contributed by atoms with E-state index in [0.29, 0.717) is 11.1 Å². The van der Waals surface area contributed by atoms with Crippen molar-refractivity contribution in [3.05, 3.63) is 105 Å². The largest absolute Gasteiger partial charge is 0.206 e. The molecule has 3 rings (SSSR count). The van der Waals surface area contributed by atoms with Crippen molar-refractivity contribution in [2.75, 3.05) is 0 Å². The molecule has 0 aliphatic rings. The van der Waals surface area contributed by atoms with Crippen LogP contribution in [0.3, 0.4) is 0 Å². The second kappa shape index (κ2) is 7.73. The van der Waals surface area contributed by atoms with Crippen LogP contribution in [-0.2, 0) is 0 Å². The summed E-state index contributed by atoms with van der Waals surface area (Å²) >= 11 is 0. The highest BCUT2D eigenvalue weighted by Crippen LogP contribution is 2.15. The predicted octanol–water partition coefficient (Wildman–Crippen LogP) is 5.55. The molecule has 0 saturated heterocycles. The molecular weight excluding hydrogens is 319 g/mol. The van der Waals surface area contributed by atoms with Crippen LogP contribution in [0.25, 0.3) is 0 Å². The Labute approximate surface area is 154 Å². The molecule has 0 heterocycles. The number of hydrogen-bond acceptors (Lipinski definition) is 0. The maximum Gasteiger partial charge on any atom is 0.140 e. The van der Waals surface area contributed by atoms with E-state index in [4.69, 9.17) is 0 Å². The van der Waals surface area contributed by atoms with Gasteiger partial charge in [-0.05, 0) is 62.7 Å². The summed E-state index contributed by atoms with van der Waals surface area (Å²) in [6.07, 6.45) is 0. The quantitative estimate of drug-likeness (QED) is 0.471. The first kappa shape index (κ1) is 17.5. The Bertz CT molecular complexity index is 959. The Morgan fingerprint density at radius 1 is 0.577 bits per heavy atom. The van der Waals surface area contributed by atoms with Crippen LogP contribution in [0.1, 0.15) is 38.9 Å². The molecule has 3 aromatic carbocycles. The van der Waals surface area contributed by atoms with Gasteiger partial charge in [0.25, 0.3) is 0 Å². The van der Waals surface area contributed by atoms with Crippen LogP contribution in [-0.4, -0.2) is 0 Å². The fraction of sp³-hybridized carbons (Fsp3) is 0.120. The highest BCUT2D eigenvalue weighted by molar-refractivity contribution is 5.52. The zero-order valence-corrected chi connectivity index (χ0v) is 15.2. The Balaban J connectivity index is 1.87. The highest BCUT2D eigenvalue weighted by Gasteiger charge is 2.04. The second-order valence-electron chi connectivity index (χ2n) is 6.38. The molecule has 0 aromatic heterocycles. The van der Waals surface area contributed by atoms with Gasteiger partial charge in [-0.15, -0.1) is 0 Å². The molecule has 0 saturated carbocycles. The molecule has 0 unspecified atom stereocenters. The molecule has 0 bridgehead atoms.